The van der Waals surface area contributed by atoms with Crippen molar-refractivity contribution in [2.24, 2.45) is 5.73 Å². The fourth-order valence-electron chi connectivity index (χ4n) is 2.86. The van der Waals surface area contributed by atoms with Crippen molar-refractivity contribution in [1.29, 1.82) is 0 Å². The number of benzene rings is 2. The molecule has 3 N–H and O–H groups in total. The third kappa shape index (κ3) is 3.81. The highest BCUT2D eigenvalue weighted by molar-refractivity contribution is 5.92. The molecule has 0 saturated carbocycles. The number of piperazine rings is 1. The topological polar surface area (TPSA) is 69.8 Å². The monoisotopic (exact) mass is 311 g/mol. The quantitative estimate of drug-likeness (QED) is 0.903. The van der Waals surface area contributed by atoms with Gasteiger partial charge in [0.15, 0.2) is 0 Å². The lowest BCUT2D eigenvalue weighted by molar-refractivity contribution is 0.100. The Labute approximate surface area is 135 Å². The van der Waals surface area contributed by atoms with Gasteiger partial charge in [-0.15, -0.1) is 0 Å². The number of rotatable bonds is 4. The van der Waals surface area contributed by atoms with Gasteiger partial charge in [0.1, 0.15) is 5.75 Å². The number of anilines is 1. The van der Waals surface area contributed by atoms with Crippen molar-refractivity contribution in [2.75, 3.05) is 31.1 Å². The molecule has 1 fully saturated rings. The van der Waals surface area contributed by atoms with Crippen LogP contribution in [0.4, 0.5) is 5.69 Å². The lowest BCUT2D eigenvalue weighted by atomic mass is 10.1. The number of nitrogens with two attached hydrogens (primary N) is 1. The van der Waals surface area contributed by atoms with Gasteiger partial charge in [0.2, 0.25) is 5.91 Å². The van der Waals surface area contributed by atoms with E-state index < -0.39 is 0 Å². The number of nitrogens with zero attached hydrogens (tertiary/aromatic N) is 2. The summed E-state index contributed by atoms with van der Waals surface area (Å²) in [6.45, 7) is 4.77. The zero-order valence-electron chi connectivity index (χ0n) is 13.0. The minimum absolute atomic E-state index is 0.298. The van der Waals surface area contributed by atoms with Crippen LogP contribution in [0.1, 0.15) is 15.9 Å². The number of phenols is 1. The van der Waals surface area contributed by atoms with Gasteiger partial charge in [-0.2, -0.15) is 0 Å². The molecule has 0 spiro atoms. The van der Waals surface area contributed by atoms with E-state index in [0.29, 0.717) is 11.3 Å². The van der Waals surface area contributed by atoms with Crippen molar-refractivity contribution < 1.29 is 9.90 Å². The van der Waals surface area contributed by atoms with Gasteiger partial charge >= 0.3 is 0 Å². The maximum atomic E-state index is 11.1. The van der Waals surface area contributed by atoms with Gasteiger partial charge in [-0.3, -0.25) is 9.69 Å². The second-order valence-corrected chi connectivity index (χ2v) is 5.84. The van der Waals surface area contributed by atoms with Gasteiger partial charge < -0.3 is 15.7 Å². The Morgan fingerprint density at radius 2 is 1.57 bits per heavy atom. The fourth-order valence-corrected chi connectivity index (χ4v) is 2.86. The zero-order chi connectivity index (χ0) is 16.2. The minimum atomic E-state index is -0.390. The first-order valence-corrected chi connectivity index (χ1v) is 7.77. The summed E-state index contributed by atoms with van der Waals surface area (Å²) < 4.78 is 0. The van der Waals surface area contributed by atoms with Crippen LogP contribution in [0.2, 0.25) is 0 Å². The van der Waals surface area contributed by atoms with Crippen LogP contribution in [0.5, 0.6) is 5.75 Å². The standard InChI is InChI=1S/C18H21N3O2/c19-18(23)15-3-1-14(2-4-15)13-20-9-11-21(12-10-20)16-5-7-17(22)8-6-16/h1-8,22H,9-13H2,(H2,19,23). The Bertz CT molecular complexity index is 660. The lowest BCUT2D eigenvalue weighted by Crippen LogP contribution is -2.45. The molecule has 5 nitrogen and oxygen atoms in total. The van der Waals surface area contributed by atoms with Gasteiger partial charge in [-0.1, -0.05) is 12.1 Å². The first-order chi connectivity index (χ1) is 11.1. The van der Waals surface area contributed by atoms with Crippen molar-refractivity contribution in [3.8, 4) is 5.75 Å². The number of carbonyl (C=O) groups is 1. The van der Waals surface area contributed by atoms with Crippen LogP contribution in [0, 0.1) is 0 Å². The zero-order valence-corrected chi connectivity index (χ0v) is 13.0. The molecule has 2 aromatic rings. The van der Waals surface area contributed by atoms with Crippen molar-refractivity contribution >= 4 is 11.6 Å². The molecule has 1 amide bonds. The summed E-state index contributed by atoms with van der Waals surface area (Å²) in [6.07, 6.45) is 0. The predicted octanol–water partition coefficient (Wildman–Crippen LogP) is 1.81. The summed E-state index contributed by atoms with van der Waals surface area (Å²) in [5.74, 6) is -0.0918. The molecular weight excluding hydrogens is 290 g/mol. The molecule has 2 aromatic carbocycles. The van der Waals surface area contributed by atoms with Gasteiger partial charge in [0, 0.05) is 44.0 Å². The van der Waals surface area contributed by atoms with E-state index in [9.17, 15) is 9.90 Å². The van der Waals surface area contributed by atoms with Crippen LogP contribution in [-0.2, 0) is 6.54 Å². The van der Waals surface area contributed by atoms with Gasteiger partial charge in [-0.25, -0.2) is 0 Å². The van der Waals surface area contributed by atoms with E-state index >= 15 is 0 Å². The fraction of sp³-hybridized carbons (Fsp3) is 0.278. The Balaban J connectivity index is 1.54. The molecule has 0 radical (unpaired) electrons. The van der Waals surface area contributed by atoms with E-state index in [1.807, 2.05) is 24.3 Å². The number of primary amides is 1. The molecule has 3 rings (SSSR count). The molecule has 23 heavy (non-hydrogen) atoms. The number of hydrogen-bond acceptors (Lipinski definition) is 4. The van der Waals surface area contributed by atoms with E-state index in [2.05, 4.69) is 9.80 Å². The van der Waals surface area contributed by atoms with Crippen LogP contribution in [0.25, 0.3) is 0 Å². The SMILES string of the molecule is NC(=O)c1ccc(CN2CCN(c3ccc(O)cc3)CC2)cc1. The summed E-state index contributed by atoms with van der Waals surface area (Å²) in [7, 11) is 0. The number of aromatic hydroxyl groups is 1. The lowest BCUT2D eigenvalue weighted by Gasteiger charge is -2.36. The molecule has 0 unspecified atom stereocenters. The molecule has 1 saturated heterocycles. The molecule has 1 heterocycles. The third-order valence-corrected chi connectivity index (χ3v) is 4.23. The summed E-state index contributed by atoms with van der Waals surface area (Å²) >= 11 is 0. The van der Waals surface area contributed by atoms with Crippen molar-refractivity contribution in [3.63, 3.8) is 0 Å². The number of carbonyl (C=O) groups excluding carboxylic acids is 1. The first kappa shape index (κ1) is 15.4. The van der Waals surface area contributed by atoms with E-state index in [-0.39, 0.29) is 5.91 Å². The maximum absolute atomic E-state index is 11.1. The second kappa shape index (κ2) is 6.71. The van der Waals surface area contributed by atoms with Gasteiger partial charge in [0.25, 0.3) is 0 Å². The van der Waals surface area contributed by atoms with Crippen molar-refractivity contribution in [1.82, 2.24) is 4.90 Å². The molecule has 120 valence electrons. The predicted molar refractivity (Wildman–Crippen MR) is 90.6 cm³/mol. The van der Waals surface area contributed by atoms with Crippen LogP contribution in [-0.4, -0.2) is 42.1 Å². The highest BCUT2D eigenvalue weighted by Gasteiger charge is 2.17. The Morgan fingerprint density at radius 3 is 2.13 bits per heavy atom. The highest BCUT2D eigenvalue weighted by atomic mass is 16.3. The molecular formula is C18H21N3O2. The highest BCUT2D eigenvalue weighted by Crippen LogP contribution is 2.20. The molecule has 0 aromatic heterocycles. The molecule has 0 atom stereocenters. The van der Waals surface area contributed by atoms with Crippen molar-refractivity contribution in [2.45, 2.75) is 6.54 Å². The number of phenolic OH excluding ortho intramolecular Hbond substituents is 1. The molecule has 5 heteroatoms. The molecule has 0 bridgehead atoms. The maximum Gasteiger partial charge on any atom is 0.248 e. The smallest absolute Gasteiger partial charge is 0.248 e. The Morgan fingerprint density at radius 1 is 0.957 bits per heavy atom. The molecule has 1 aliphatic rings. The summed E-state index contributed by atoms with van der Waals surface area (Å²) in [5.41, 5.74) is 8.14. The van der Waals surface area contributed by atoms with E-state index in [1.165, 1.54) is 5.56 Å². The molecule has 0 aliphatic carbocycles. The van der Waals surface area contributed by atoms with Crippen LogP contribution in [0.3, 0.4) is 0 Å². The number of hydrogen-bond donors (Lipinski definition) is 2. The van der Waals surface area contributed by atoms with Gasteiger partial charge in [-0.05, 0) is 42.0 Å². The number of amides is 1. The van der Waals surface area contributed by atoms with Crippen LogP contribution >= 0.6 is 0 Å². The van der Waals surface area contributed by atoms with E-state index in [1.54, 1.807) is 24.3 Å². The molecule has 1 aliphatic heterocycles. The normalized spacial score (nSPS) is 15.6. The summed E-state index contributed by atoms with van der Waals surface area (Å²) in [4.78, 5) is 15.8. The van der Waals surface area contributed by atoms with Crippen LogP contribution < -0.4 is 10.6 Å². The van der Waals surface area contributed by atoms with Crippen LogP contribution in [0.15, 0.2) is 48.5 Å². The van der Waals surface area contributed by atoms with E-state index in [0.717, 1.165) is 38.4 Å². The average Bonchev–Trinajstić information content (AvgIpc) is 2.57. The Hall–Kier alpha value is -2.53. The first-order valence-electron chi connectivity index (χ1n) is 7.77. The minimum Gasteiger partial charge on any atom is -0.508 e. The largest absolute Gasteiger partial charge is 0.508 e. The summed E-state index contributed by atoms with van der Waals surface area (Å²) in [5, 5.41) is 9.36. The third-order valence-electron chi connectivity index (χ3n) is 4.23. The van der Waals surface area contributed by atoms with E-state index in [4.69, 9.17) is 5.73 Å². The second-order valence-electron chi connectivity index (χ2n) is 5.84. The summed E-state index contributed by atoms with van der Waals surface area (Å²) in [6, 6.07) is 14.8. The average molecular weight is 311 g/mol. The Kier molecular flexibility index (Phi) is 4.48. The van der Waals surface area contributed by atoms with Gasteiger partial charge in [0.05, 0.1) is 0 Å². The van der Waals surface area contributed by atoms with Crippen molar-refractivity contribution in [3.05, 3.63) is 59.7 Å².